The highest BCUT2D eigenvalue weighted by molar-refractivity contribution is 6.06. The molecule has 0 radical (unpaired) electrons. The van der Waals surface area contributed by atoms with Gasteiger partial charge in [-0.3, -0.25) is 20.1 Å². The van der Waals surface area contributed by atoms with Crippen LogP contribution in [0.2, 0.25) is 0 Å². The Labute approximate surface area is 178 Å². The van der Waals surface area contributed by atoms with E-state index in [9.17, 15) is 4.79 Å². The summed E-state index contributed by atoms with van der Waals surface area (Å²) in [4.78, 5) is 28.2. The van der Waals surface area contributed by atoms with Gasteiger partial charge in [0.25, 0.3) is 5.91 Å². The number of aromatic nitrogens is 2. The Morgan fingerprint density at radius 2 is 1.30 bits per heavy atom. The maximum atomic E-state index is 12.2. The number of nitrogens with zero attached hydrogens (tertiary/aromatic N) is 4. The Bertz CT molecular complexity index is 728. The van der Waals surface area contributed by atoms with Crippen LogP contribution < -0.4 is 34.0 Å². The standard InChI is InChI=1S/C19H36N10O/c1-13-15(20)28-16(21)14(27-13)17(30)29-19(24)26-12-10-8-6-4-2-3-5-7-9-11-25-18(22)23/h2-12H2,1H3,(H4,20,21,28)(H4,22,23,25)(H3,24,26,29,30). The van der Waals surface area contributed by atoms with Crippen LogP contribution in [0.5, 0.6) is 0 Å². The van der Waals surface area contributed by atoms with E-state index in [1.54, 1.807) is 6.92 Å². The third kappa shape index (κ3) is 10.4. The number of aliphatic imine (C=N–C) groups is 2. The molecule has 11 heteroatoms. The zero-order chi connectivity index (χ0) is 22.4. The molecule has 0 spiro atoms. The molecule has 0 saturated carbocycles. The lowest BCUT2D eigenvalue weighted by Gasteiger charge is -2.08. The van der Waals surface area contributed by atoms with Gasteiger partial charge >= 0.3 is 0 Å². The smallest absolute Gasteiger partial charge is 0.280 e. The van der Waals surface area contributed by atoms with E-state index in [2.05, 4.69) is 25.3 Å². The normalized spacial score (nSPS) is 11.3. The Balaban J connectivity index is 2.11. The fraction of sp³-hybridized carbons (Fsp3) is 0.632. The van der Waals surface area contributed by atoms with E-state index in [4.69, 9.17) is 28.7 Å². The van der Waals surface area contributed by atoms with Gasteiger partial charge in [0.15, 0.2) is 23.4 Å². The number of nitrogens with one attached hydrogen (secondary N) is 1. The summed E-state index contributed by atoms with van der Waals surface area (Å²) in [5.41, 5.74) is 28.0. The van der Waals surface area contributed by atoms with E-state index in [-0.39, 0.29) is 29.2 Å². The molecule has 11 nitrogen and oxygen atoms in total. The van der Waals surface area contributed by atoms with Crippen LogP contribution in [0.25, 0.3) is 0 Å². The molecule has 0 aliphatic rings. The first-order valence-corrected chi connectivity index (χ1v) is 10.4. The third-order valence-corrected chi connectivity index (χ3v) is 4.48. The average Bonchev–Trinajstić information content (AvgIpc) is 2.67. The molecule has 11 N–H and O–H groups in total. The van der Waals surface area contributed by atoms with E-state index >= 15 is 0 Å². The molecule has 0 bridgehead atoms. The minimum atomic E-state index is -0.553. The fourth-order valence-corrected chi connectivity index (χ4v) is 2.80. The van der Waals surface area contributed by atoms with Crippen molar-refractivity contribution in [1.82, 2.24) is 15.3 Å². The average molecular weight is 421 g/mol. The number of anilines is 2. The van der Waals surface area contributed by atoms with Gasteiger partial charge in [0, 0.05) is 13.1 Å². The van der Waals surface area contributed by atoms with E-state index in [1.807, 2.05) is 0 Å². The van der Waals surface area contributed by atoms with Crippen molar-refractivity contribution >= 4 is 29.5 Å². The molecule has 0 unspecified atom stereocenters. The Morgan fingerprint density at radius 3 is 1.83 bits per heavy atom. The van der Waals surface area contributed by atoms with Gasteiger partial charge in [-0.25, -0.2) is 9.97 Å². The second-order valence-electron chi connectivity index (χ2n) is 7.14. The fourth-order valence-electron chi connectivity index (χ4n) is 2.80. The first-order valence-electron chi connectivity index (χ1n) is 10.4. The van der Waals surface area contributed by atoms with Crippen LogP contribution in [0.4, 0.5) is 11.6 Å². The predicted octanol–water partition coefficient (Wildman–Crippen LogP) is 0.778. The highest BCUT2D eigenvalue weighted by Gasteiger charge is 2.15. The monoisotopic (exact) mass is 420 g/mol. The van der Waals surface area contributed by atoms with Crippen molar-refractivity contribution in [2.24, 2.45) is 27.2 Å². The van der Waals surface area contributed by atoms with Crippen molar-refractivity contribution in [3.8, 4) is 0 Å². The van der Waals surface area contributed by atoms with Gasteiger partial charge in [-0.15, -0.1) is 0 Å². The molecule has 1 aromatic rings. The number of carbonyl (C=O) groups excluding carboxylic acids is 1. The molecule has 1 heterocycles. The van der Waals surface area contributed by atoms with Crippen molar-refractivity contribution in [2.75, 3.05) is 24.6 Å². The van der Waals surface area contributed by atoms with Crippen LogP contribution >= 0.6 is 0 Å². The van der Waals surface area contributed by atoms with Crippen LogP contribution in [0.1, 0.15) is 74.0 Å². The lowest BCUT2D eigenvalue weighted by molar-refractivity contribution is 0.0972. The molecule has 0 fully saturated rings. The first kappa shape index (κ1) is 24.9. The Hall–Kier alpha value is -3.11. The molecular weight excluding hydrogens is 384 g/mol. The summed E-state index contributed by atoms with van der Waals surface area (Å²) < 4.78 is 0. The molecule has 1 rings (SSSR count). The molecule has 1 amide bonds. The Morgan fingerprint density at radius 1 is 0.800 bits per heavy atom. The number of amides is 1. The highest BCUT2D eigenvalue weighted by atomic mass is 16.2. The number of rotatable bonds is 13. The maximum absolute atomic E-state index is 12.2. The van der Waals surface area contributed by atoms with Gasteiger partial charge in [0.2, 0.25) is 0 Å². The minimum absolute atomic E-state index is 0.0175. The van der Waals surface area contributed by atoms with Gasteiger partial charge in [-0.1, -0.05) is 44.9 Å². The van der Waals surface area contributed by atoms with Gasteiger partial charge in [-0.2, -0.15) is 0 Å². The van der Waals surface area contributed by atoms with E-state index < -0.39 is 5.91 Å². The number of nitrogen functional groups attached to an aromatic ring is 2. The van der Waals surface area contributed by atoms with Crippen molar-refractivity contribution in [3.63, 3.8) is 0 Å². The highest BCUT2D eigenvalue weighted by Crippen LogP contribution is 2.12. The SMILES string of the molecule is Cc1nc(C(=O)NC(N)=NCCCCCCCCCCCN=C(N)N)c(N)nc1N. The van der Waals surface area contributed by atoms with Crippen LogP contribution in [0, 0.1) is 6.92 Å². The number of hydrogen-bond acceptors (Lipinski definition) is 7. The lowest BCUT2D eigenvalue weighted by Crippen LogP contribution is -2.38. The van der Waals surface area contributed by atoms with Crippen LogP contribution in [0.15, 0.2) is 9.98 Å². The molecule has 0 atom stereocenters. The lowest BCUT2D eigenvalue weighted by atomic mass is 10.1. The summed E-state index contributed by atoms with van der Waals surface area (Å²) in [7, 11) is 0. The van der Waals surface area contributed by atoms with Gasteiger partial charge < -0.3 is 28.7 Å². The second-order valence-corrected chi connectivity index (χ2v) is 7.14. The predicted molar refractivity (Wildman–Crippen MR) is 122 cm³/mol. The van der Waals surface area contributed by atoms with Crippen LogP contribution in [-0.4, -0.2) is 40.9 Å². The zero-order valence-corrected chi connectivity index (χ0v) is 17.9. The van der Waals surface area contributed by atoms with Crippen molar-refractivity contribution in [3.05, 3.63) is 11.4 Å². The zero-order valence-electron chi connectivity index (χ0n) is 17.9. The molecule has 0 aromatic carbocycles. The van der Waals surface area contributed by atoms with Crippen molar-refractivity contribution < 1.29 is 4.79 Å². The summed E-state index contributed by atoms with van der Waals surface area (Å²) >= 11 is 0. The number of unbranched alkanes of at least 4 members (excludes halogenated alkanes) is 8. The number of guanidine groups is 2. The molecule has 1 aromatic heterocycles. The minimum Gasteiger partial charge on any atom is -0.382 e. The van der Waals surface area contributed by atoms with E-state index in [1.165, 1.54) is 25.7 Å². The number of hydrogen-bond donors (Lipinski definition) is 6. The van der Waals surface area contributed by atoms with E-state index in [0.717, 1.165) is 32.1 Å². The second kappa shape index (κ2) is 14.0. The number of carbonyl (C=O) groups is 1. The van der Waals surface area contributed by atoms with Crippen molar-refractivity contribution in [2.45, 2.75) is 64.7 Å². The van der Waals surface area contributed by atoms with Gasteiger partial charge in [0.05, 0.1) is 5.69 Å². The molecule has 0 aliphatic heterocycles. The summed E-state index contributed by atoms with van der Waals surface area (Å²) in [5.74, 6) is -0.205. The molecule has 0 aliphatic carbocycles. The van der Waals surface area contributed by atoms with Crippen LogP contribution in [-0.2, 0) is 0 Å². The topological polar surface area (TPSA) is 210 Å². The maximum Gasteiger partial charge on any atom is 0.280 e. The molecule has 0 saturated heterocycles. The molecule has 30 heavy (non-hydrogen) atoms. The first-order chi connectivity index (χ1) is 14.3. The van der Waals surface area contributed by atoms with E-state index in [0.29, 0.717) is 18.8 Å². The quantitative estimate of drug-likeness (QED) is 0.152. The molecule has 168 valence electrons. The Kier molecular flexibility index (Phi) is 11.6. The summed E-state index contributed by atoms with van der Waals surface area (Å²) in [6.45, 7) is 2.91. The van der Waals surface area contributed by atoms with Gasteiger partial charge in [-0.05, 0) is 19.8 Å². The van der Waals surface area contributed by atoms with Crippen molar-refractivity contribution in [1.29, 1.82) is 0 Å². The van der Waals surface area contributed by atoms with Gasteiger partial charge in [0.1, 0.15) is 5.82 Å². The number of nitrogens with two attached hydrogens (primary N) is 5. The summed E-state index contributed by atoms with van der Waals surface area (Å²) in [6, 6.07) is 0. The molecular formula is C19H36N10O. The summed E-state index contributed by atoms with van der Waals surface area (Å²) in [5, 5.41) is 2.47. The number of aryl methyl sites for hydroxylation is 1. The van der Waals surface area contributed by atoms with Crippen LogP contribution in [0.3, 0.4) is 0 Å². The largest absolute Gasteiger partial charge is 0.382 e. The third-order valence-electron chi connectivity index (χ3n) is 4.48. The summed E-state index contributed by atoms with van der Waals surface area (Å²) in [6.07, 6.45) is 10.2.